The smallest absolute Gasteiger partial charge is 0.252 e. The summed E-state index contributed by atoms with van der Waals surface area (Å²) >= 11 is 0. The van der Waals surface area contributed by atoms with Gasteiger partial charge in [0.25, 0.3) is 5.91 Å². The number of ether oxygens (including phenoxy) is 3. The lowest BCUT2D eigenvalue weighted by molar-refractivity contribution is -0.132. The number of amides is 2. The number of methoxy groups -OCH3 is 3. The van der Waals surface area contributed by atoms with E-state index in [-0.39, 0.29) is 18.4 Å². The average molecular weight is 525 g/mol. The molecule has 2 aromatic carbocycles. The van der Waals surface area contributed by atoms with Crippen molar-refractivity contribution in [2.45, 2.75) is 47.2 Å². The fourth-order valence-electron chi connectivity index (χ4n) is 4.54. The Kier molecular flexibility index (Phi) is 9.61. The van der Waals surface area contributed by atoms with Gasteiger partial charge < -0.3 is 29.0 Å². The maximum Gasteiger partial charge on any atom is 0.252 e. The molecule has 0 saturated carbocycles. The summed E-state index contributed by atoms with van der Waals surface area (Å²) in [5.41, 5.74) is 1.97. The number of aromatic nitrogens is 2. The molecule has 38 heavy (non-hydrogen) atoms. The number of benzene rings is 2. The molecule has 0 aliphatic rings. The molecule has 1 N–H and O–H groups in total. The van der Waals surface area contributed by atoms with Crippen molar-refractivity contribution in [1.29, 1.82) is 0 Å². The molecule has 3 rings (SSSR count). The van der Waals surface area contributed by atoms with Gasteiger partial charge in [0.05, 0.1) is 38.4 Å². The van der Waals surface area contributed by atoms with Crippen molar-refractivity contribution in [2.75, 3.05) is 34.4 Å². The maximum atomic E-state index is 13.5. The molecule has 0 spiro atoms. The maximum absolute atomic E-state index is 13.5. The highest BCUT2D eigenvalue weighted by Crippen LogP contribution is 2.38. The van der Waals surface area contributed by atoms with Crippen LogP contribution < -0.4 is 19.5 Å². The van der Waals surface area contributed by atoms with Crippen molar-refractivity contribution in [2.24, 2.45) is 11.8 Å². The van der Waals surface area contributed by atoms with Crippen LogP contribution in [-0.4, -0.2) is 60.7 Å². The van der Waals surface area contributed by atoms with Crippen LogP contribution in [0.5, 0.6) is 17.2 Å². The minimum Gasteiger partial charge on any atom is -0.493 e. The number of imidazole rings is 1. The molecule has 1 heterocycles. The van der Waals surface area contributed by atoms with Crippen LogP contribution in [0, 0.1) is 11.8 Å². The molecule has 206 valence electrons. The first kappa shape index (κ1) is 28.8. The summed E-state index contributed by atoms with van der Waals surface area (Å²) in [5, 5.41) is 3.02. The first-order valence-corrected chi connectivity index (χ1v) is 12.9. The van der Waals surface area contributed by atoms with Crippen molar-refractivity contribution >= 4 is 22.8 Å². The molecule has 9 nitrogen and oxygen atoms in total. The van der Waals surface area contributed by atoms with Crippen molar-refractivity contribution in [1.82, 2.24) is 19.8 Å². The zero-order valence-corrected chi connectivity index (χ0v) is 23.7. The Morgan fingerprint density at radius 1 is 0.921 bits per heavy atom. The normalized spacial score (nSPS) is 12.1. The van der Waals surface area contributed by atoms with E-state index in [1.54, 1.807) is 12.1 Å². The zero-order chi connectivity index (χ0) is 28.0. The van der Waals surface area contributed by atoms with Crippen LogP contribution in [0.3, 0.4) is 0 Å². The quantitative estimate of drug-likeness (QED) is 0.369. The molecule has 1 unspecified atom stereocenters. The first-order valence-electron chi connectivity index (χ1n) is 12.9. The lowest BCUT2D eigenvalue weighted by atomic mass is 10.1. The number of fused-ring (bicyclic) bond motifs is 1. The molecular formula is C29H40N4O5. The van der Waals surface area contributed by atoms with Gasteiger partial charge in [0.15, 0.2) is 11.5 Å². The fraction of sp³-hybridized carbons (Fsp3) is 0.483. The number of carbonyl (C=O) groups is 2. The predicted octanol–water partition coefficient (Wildman–Crippen LogP) is 4.69. The van der Waals surface area contributed by atoms with E-state index >= 15 is 0 Å². The Balaban J connectivity index is 1.93. The molecule has 1 atom stereocenters. The second-order valence-electron chi connectivity index (χ2n) is 10.2. The van der Waals surface area contributed by atoms with Crippen LogP contribution in [0.1, 0.15) is 56.8 Å². The number of hydrogen-bond acceptors (Lipinski definition) is 6. The first-order chi connectivity index (χ1) is 18.1. The Labute approximate surface area is 225 Å². The van der Waals surface area contributed by atoms with E-state index < -0.39 is 6.04 Å². The monoisotopic (exact) mass is 524 g/mol. The van der Waals surface area contributed by atoms with E-state index in [0.717, 1.165) is 11.0 Å². The zero-order valence-electron chi connectivity index (χ0n) is 23.7. The number of rotatable bonds is 12. The SMILES string of the molecule is COc1cc(C(=O)NC(C)c2nc3ccccc3n2CC(=O)N(CC(C)C)CC(C)C)cc(OC)c1OC. The molecule has 0 radical (unpaired) electrons. The van der Waals surface area contributed by atoms with E-state index in [1.165, 1.54) is 21.3 Å². The van der Waals surface area contributed by atoms with Gasteiger partial charge in [0.2, 0.25) is 11.7 Å². The topological polar surface area (TPSA) is 94.9 Å². The Hall–Kier alpha value is -3.75. The average Bonchev–Trinajstić information content (AvgIpc) is 3.25. The largest absolute Gasteiger partial charge is 0.493 e. The van der Waals surface area contributed by atoms with Gasteiger partial charge >= 0.3 is 0 Å². The van der Waals surface area contributed by atoms with E-state index in [1.807, 2.05) is 40.7 Å². The highest BCUT2D eigenvalue weighted by Gasteiger charge is 2.24. The molecule has 9 heteroatoms. The van der Waals surface area contributed by atoms with Crippen LogP contribution in [0.15, 0.2) is 36.4 Å². The highest BCUT2D eigenvalue weighted by molar-refractivity contribution is 5.96. The summed E-state index contributed by atoms with van der Waals surface area (Å²) in [6.45, 7) is 11.8. The summed E-state index contributed by atoms with van der Waals surface area (Å²) in [6.07, 6.45) is 0. The standard InChI is InChI=1S/C29H40N4O5/c1-18(2)15-32(16-19(3)4)26(34)17-33-23-12-10-9-11-22(23)31-28(33)20(5)30-29(35)21-13-24(36-6)27(38-8)25(14-21)37-7/h9-14,18-20H,15-17H2,1-8H3,(H,30,35). The van der Waals surface area contributed by atoms with Crippen LogP contribution in [0.2, 0.25) is 0 Å². The predicted molar refractivity (Wildman–Crippen MR) is 148 cm³/mol. The third-order valence-corrected chi connectivity index (χ3v) is 6.16. The second kappa shape index (κ2) is 12.7. The Morgan fingerprint density at radius 2 is 1.50 bits per heavy atom. The van der Waals surface area contributed by atoms with Crippen molar-refractivity contribution in [3.05, 3.63) is 47.8 Å². The van der Waals surface area contributed by atoms with Gasteiger partial charge in [-0.15, -0.1) is 0 Å². The van der Waals surface area contributed by atoms with Gasteiger partial charge in [-0.25, -0.2) is 4.98 Å². The molecular weight excluding hydrogens is 484 g/mol. The van der Waals surface area contributed by atoms with E-state index in [9.17, 15) is 9.59 Å². The molecule has 3 aromatic rings. The van der Waals surface area contributed by atoms with E-state index in [4.69, 9.17) is 19.2 Å². The summed E-state index contributed by atoms with van der Waals surface area (Å²) in [6, 6.07) is 10.4. The van der Waals surface area contributed by atoms with Gasteiger partial charge in [-0.3, -0.25) is 9.59 Å². The van der Waals surface area contributed by atoms with E-state index in [2.05, 4.69) is 33.0 Å². The number of carbonyl (C=O) groups excluding carboxylic acids is 2. The van der Waals surface area contributed by atoms with Crippen LogP contribution in [0.4, 0.5) is 0 Å². The highest BCUT2D eigenvalue weighted by atomic mass is 16.5. The number of nitrogens with one attached hydrogen (secondary N) is 1. The number of hydrogen-bond donors (Lipinski definition) is 1. The Bertz CT molecular complexity index is 1230. The molecule has 1 aromatic heterocycles. The third kappa shape index (κ3) is 6.57. The summed E-state index contributed by atoms with van der Waals surface area (Å²) in [7, 11) is 4.52. The minimum atomic E-state index is -0.481. The number of para-hydroxylation sites is 2. The Morgan fingerprint density at radius 3 is 2.03 bits per heavy atom. The molecule has 0 saturated heterocycles. The van der Waals surface area contributed by atoms with Gasteiger partial charge in [0.1, 0.15) is 12.4 Å². The van der Waals surface area contributed by atoms with Crippen LogP contribution in [-0.2, 0) is 11.3 Å². The molecule has 0 aliphatic carbocycles. The van der Waals surface area contributed by atoms with Crippen LogP contribution in [0.25, 0.3) is 11.0 Å². The van der Waals surface area contributed by atoms with Gasteiger partial charge in [-0.1, -0.05) is 39.8 Å². The molecule has 2 amide bonds. The van der Waals surface area contributed by atoms with Gasteiger partial charge in [-0.2, -0.15) is 0 Å². The van der Waals surface area contributed by atoms with Gasteiger partial charge in [0, 0.05) is 18.7 Å². The fourth-order valence-corrected chi connectivity index (χ4v) is 4.54. The van der Waals surface area contributed by atoms with Crippen molar-refractivity contribution in [3.8, 4) is 17.2 Å². The van der Waals surface area contributed by atoms with Gasteiger partial charge in [-0.05, 0) is 43.0 Å². The molecule has 0 fully saturated rings. The molecule has 0 bridgehead atoms. The third-order valence-electron chi connectivity index (χ3n) is 6.16. The number of nitrogens with zero attached hydrogens (tertiary/aromatic N) is 3. The minimum absolute atomic E-state index is 0.0277. The van der Waals surface area contributed by atoms with Crippen LogP contribution >= 0.6 is 0 Å². The van der Waals surface area contributed by atoms with Crippen molar-refractivity contribution in [3.63, 3.8) is 0 Å². The lowest BCUT2D eigenvalue weighted by Crippen LogP contribution is -2.39. The summed E-state index contributed by atoms with van der Waals surface area (Å²) in [5.74, 6) is 2.20. The molecule has 0 aliphatic heterocycles. The lowest BCUT2D eigenvalue weighted by Gasteiger charge is -2.27. The van der Waals surface area contributed by atoms with Crippen molar-refractivity contribution < 1.29 is 23.8 Å². The van der Waals surface area contributed by atoms with E-state index in [0.29, 0.717) is 53.6 Å². The summed E-state index contributed by atoms with van der Waals surface area (Å²) in [4.78, 5) is 33.5. The second-order valence-corrected chi connectivity index (χ2v) is 10.2. The summed E-state index contributed by atoms with van der Waals surface area (Å²) < 4.78 is 18.1.